The summed E-state index contributed by atoms with van der Waals surface area (Å²) in [5.41, 5.74) is 2.46. The summed E-state index contributed by atoms with van der Waals surface area (Å²) in [7, 11) is 0. The van der Waals surface area contributed by atoms with Crippen molar-refractivity contribution in [2.24, 2.45) is 0 Å². The Balaban J connectivity index is 2.07. The third-order valence-corrected chi connectivity index (χ3v) is 3.90. The van der Waals surface area contributed by atoms with Crippen molar-refractivity contribution in [2.45, 2.75) is 25.4 Å². The van der Waals surface area contributed by atoms with E-state index >= 15 is 0 Å². The van der Waals surface area contributed by atoms with Crippen molar-refractivity contribution < 1.29 is 5.11 Å². The highest BCUT2D eigenvalue weighted by molar-refractivity contribution is 7.99. The van der Waals surface area contributed by atoms with E-state index in [1.807, 2.05) is 12.1 Å². The van der Waals surface area contributed by atoms with E-state index < -0.39 is 0 Å². The molecule has 0 amide bonds. The molecule has 0 saturated carbocycles. The first-order valence-electron chi connectivity index (χ1n) is 5.17. The van der Waals surface area contributed by atoms with Gasteiger partial charge in [0, 0.05) is 0 Å². The second-order valence-electron chi connectivity index (χ2n) is 3.79. The van der Waals surface area contributed by atoms with Crippen LogP contribution in [0.4, 0.5) is 0 Å². The molecule has 1 fully saturated rings. The van der Waals surface area contributed by atoms with E-state index in [2.05, 4.69) is 23.9 Å². The predicted molar refractivity (Wildman–Crippen MR) is 61.7 cm³/mol. The van der Waals surface area contributed by atoms with Crippen LogP contribution in [0.15, 0.2) is 24.3 Å². The van der Waals surface area contributed by atoms with Crippen molar-refractivity contribution >= 4 is 11.8 Å². The molecule has 0 unspecified atom stereocenters. The average molecular weight is 208 g/mol. The van der Waals surface area contributed by atoms with Crippen LogP contribution in [0.1, 0.15) is 29.9 Å². The number of aliphatic hydroxyl groups excluding tert-OH is 1. The van der Waals surface area contributed by atoms with Crippen LogP contribution >= 0.6 is 11.8 Å². The topological polar surface area (TPSA) is 20.2 Å². The lowest BCUT2D eigenvalue weighted by molar-refractivity contribution is 0.282. The molecule has 1 nitrogen and oxygen atoms in total. The number of rotatable bonds is 2. The highest BCUT2D eigenvalue weighted by Crippen LogP contribution is 2.31. The van der Waals surface area contributed by atoms with Gasteiger partial charge < -0.3 is 5.11 Å². The molecule has 1 aromatic carbocycles. The molecule has 1 aliphatic heterocycles. The number of hydrogen-bond acceptors (Lipinski definition) is 2. The Morgan fingerprint density at radius 2 is 1.79 bits per heavy atom. The minimum absolute atomic E-state index is 0.154. The van der Waals surface area contributed by atoms with Gasteiger partial charge in [0.15, 0.2) is 0 Å². The van der Waals surface area contributed by atoms with Crippen molar-refractivity contribution in [1.82, 2.24) is 0 Å². The molecule has 1 aliphatic rings. The first-order valence-corrected chi connectivity index (χ1v) is 6.33. The van der Waals surface area contributed by atoms with Gasteiger partial charge in [0.25, 0.3) is 0 Å². The SMILES string of the molecule is OCc1ccc(C2CCSCC2)cc1. The summed E-state index contributed by atoms with van der Waals surface area (Å²) >= 11 is 2.06. The molecule has 0 aliphatic carbocycles. The van der Waals surface area contributed by atoms with E-state index in [0.29, 0.717) is 0 Å². The lowest BCUT2D eigenvalue weighted by Crippen LogP contribution is -2.07. The van der Waals surface area contributed by atoms with Crippen molar-refractivity contribution in [3.8, 4) is 0 Å². The van der Waals surface area contributed by atoms with Gasteiger partial charge in [0.2, 0.25) is 0 Å². The molecule has 0 spiro atoms. The molecular formula is C12H16OS. The Morgan fingerprint density at radius 1 is 1.14 bits per heavy atom. The molecule has 0 bridgehead atoms. The summed E-state index contributed by atoms with van der Waals surface area (Å²) in [5.74, 6) is 3.35. The summed E-state index contributed by atoms with van der Waals surface area (Å²) in [6.07, 6.45) is 2.62. The Bertz CT molecular complexity index is 275. The van der Waals surface area contributed by atoms with E-state index in [-0.39, 0.29) is 6.61 Å². The molecular weight excluding hydrogens is 192 g/mol. The molecule has 2 heteroatoms. The second kappa shape index (κ2) is 4.85. The van der Waals surface area contributed by atoms with Gasteiger partial charge in [-0.25, -0.2) is 0 Å². The fourth-order valence-corrected chi connectivity index (χ4v) is 3.03. The third-order valence-electron chi connectivity index (χ3n) is 2.85. The van der Waals surface area contributed by atoms with Gasteiger partial charge in [-0.2, -0.15) is 11.8 Å². The molecule has 0 aromatic heterocycles. The number of aliphatic hydroxyl groups is 1. The fourth-order valence-electron chi connectivity index (χ4n) is 1.93. The van der Waals surface area contributed by atoms with Crippen LogP contribution in [0.5, 0.6) is 0 Å². The Labute approximate surface area is 89.5 Å². The zero-order valence-corrected chi connectivity index (χ0v) is 9.09. The number of hydrogen-bond donors (Lipinski definition) is 1. The molecule has 1 aromatic rings. The van der Waals surface area contributed by atoms with Crippen LogP contribution < -0.4 is 0 Å². The van der Waals surface area contributed by atoms with Crippen LogP contribution in [-0.4, -0.2) is 16.6 Å². The molecule has 14 heavy (non-hydrogen) atoms. The Hall–Kier alpha value is -0.470. The van der Waals surface area contributed by atoms with Crippen LogP contribution in [0, 0.1) is 0 Å². The van der Waals surface area contributed by atoms with Crippen molar-refractivity contribution in [2.75, 3.05) is 11.5 Å². The number of benzene rings is 1. The van der Waals surface area contributed by atoms with Crippen molar-refractivity contribution in [3.63, 3.8) is 0 Å². The molecule has 1 N–H and O–H groups in total. The van der Waals surface area contributed by atoms with Gasteiger partial charge in [-0.15, -0.1) is 0 Å². The van der Waals surface area contributed by atoms with Gasteiger partial charge in [0.1, 0.15) is 0 Å². The van der Waals surface area contributed by atoms with Gasteiger partial charge in [-0.3, -0.25) is 0 Å². The predicted octanol–water partition coefficient (Wildman–Crippen LogP) is 2.79. The molecule has 1 heterocycles. The van der Waals surface area contributed by atoms with Crippen LogP contribution in [0.3, 0.4) is 0 Å². The minimum atomic E-state index is 0.154. The molecule has 0 radical (unpaired) electrons. The maximum absolute atomic E-state index is 8.94. The first-order chi connectivity index (χ1) is 6.90. The quantitative estimate of drug-likeness (QED) is 0.806. The normalized spacial score (nSPS) is 18.4. The van der Waals surface area contributed by atoms with E-state index in [1.54, 1.807) is 0 Å². The highest BCUT2D eigenvalue weighted by Gasteiger charge is 2.15. The van der Waals surface area contributed by atoms with Crippen LogP contribution in [-0.2, 0) is 6.61 Å². The summed E-state index contributed by atoms with van der Waals surface area (Å²) in [6.45, 7) is 0.154. The van der Waals surface area contributed by atoms with Crippen LogP contribution in [0.2, 0.25) is 0 Å². The van der Waals surface area contributed by atoms with Gasteiger partial charge in [-0.05, 0) is 41.4 Å². The van der Waals surface area contributed by atoms with Gasteiger partial charge >= 0.3 is 0 Å². The summed E-state index contributed by atoms with van der Waals surface area (Å²) in [5, 5.41) is 8.94. The van der Waals surface area contributed by atoms with Crippen molar-refractivity contribution in [3.05, 3.63) is 35.4 Å². The molecule has 1 saturated heterocycles. The van der Waals surface area contributed by atoms with E-state index in [1.165, 1.54) is 29.9 Å². The van der Waals surface area contributed by atoms with E-state index in [0.717, 1.165) is 11.5 Å². The third kappa shape index (κ3) is 2.31. The maximum Gasteiger partial charge on any atom is 0.0681 e. The van der Waals surface area contributed by atoms with E-state index in [9.17, 15) is 0 Å². The first kappa shape index (κ1) is 10.1. The molecule has 0 atom stereocenters. The van der Waals surface area contributed by atoms with Crippen molar-refractivity contribution in [1.29, 1.82) is 0 Å². The lowest BCUT2D eigenvalue weighted by Gasteiger charge is -2.21. The zero-order chi connectivity index (χ0) is 9.80. The van der Waals surface area contributed by atoms with Gasteiger partial charge in [-0.1, -0.05) is 24.3 Å². The molecule has 76 valence electrons. The average Bonchev–Trinajstić information content (AvgIpc) is 2.30. The Kier molecular flexibility index (Phi) is 3.49. The highest BCUT2D eigenvalue weighted by atomic mass is 32.2. The van der Waals surface area contributed by atoms with Crippen LogP contribution in [0.25, 0.3) is 0 Å². The maximum atomic E-state index is 8.94. The molecule has 2 rings (SSSR count). The van der Waals surface area contributed by atoms with E-state index in [4.69, 9.17) is 5.11 Å². The second-order valence-corrected chi connectivity index (χ2v) is 5.01. The summed E-state index contributed by atoms with van der Waals surface area (Å²) in [4.78, 5) is 0. The minimum Gasteiger partial charge on any atom is -0.392 e. The zero-order valence-electron chi connectivity index (χ0n) is 8.28. The number of thioether (sulfide) groups is 1. The summed E-state index contributed by atoms with van der Waals surface area (Å²) < 4.78 is 0. The largest absolute Gasteiger partial charge is 0.392 e. The van der Waals surface area contributed by atoms with Gasteiger partial charge in [0.05, 0.1) is 6.61 Å². The monoisotopic (exact) mass is 208 g/mol. The summed E-state index contributed by atoms with van der Waals surface area (Å²) in [6, 6.07) is 8.42. The lowest BCUT2D eigenvalue weighted by atomic mass is 9.93. The standard InChI is InChI=1S/C12H16OS/c13-9-10-1-3-11(4-2-10)12-5-7-14-8-6-12/h1-4,12-13H,5-9H2. The smallest absolute Gasteiger partial charge is 0.0681 e. The Morgan fingerprint density at radius 3 is 2.36 bits per heavy atom. The fraction of sp³-hybridized carbons (Fsp3) is 0.500.